The van der Waals surface area contributed by atoms with Crippen LogP contribution in [0.25, 0.3) is 0 Å². The van der Waals surface area contributed by atoms with Crippen molar-refractivity contribution in [2.75, 3.05) is 11.9 Å². The summed E-state index contributed by atoms with van der Waals surface area (Å²) in [6.07, 6.45) is 7.83. The second kappa shape index (κ2) is 16.6. The van der Waals surface area contributed by atoms with Crippen molar-refractivity contribution in [2.24, 2.45) is 5.73 Å². The number of hydrogen-bond donors (Lipinski definition) is 3. The smallest absolute Gasteiger partial charge is 0.408 e. The SMILES string of the molecule is C#Cc1ccc(C(C(=O)Nc2c(C)cccc2Cl)N(CCCCCC)C(=O)C(CCC(N)=O)NC(=O)OC(C)(C)C)cc1. The van der Waals surface area contributed by atoms with Crippen LogP contribution in [0.15, 0.2) is 42.5 Å². The van der Waals surface area contributed by atoms with Gasteiger partial charge in [0, 0.05) is 18.5 Å². The van der Waals surface area contributed by atoms with Crippen molar-refractivity contribution in [2.45, 2.75) is 90.8 Å². The highest BCUT2D eigenvalue weighted by Gasteiger charge is 2.36. The Hall–Kier alpha value is -4.03. The first-order valence-corrected chi connectivity index (χ1v) is 14.9. The largest absolute Gasteiger partial charge is 0.444 e. The van der Waals surface area contributed by atoms with Crippen LogP contribution in [-0.2, 0) is 19.1 Å². The zero-order valence-corrected chi connectivity index (χ0v) is 26.4. The van der Waals surface area contributed by atoms with Crippen molar-refractivity contribution in [3.8, 4) is 12.3 Å². The normalized spacial score (nSPS) is 12.4. The lowest BCUT2D eigenvalue weighted by molar-refractivity contribution is -0.141. The number of nitrogens with two attached hydrogens (primary N) is 1. The number of unbranched alkanes of at least 4 members (excludes halogenated alkanes) is 3. The van der Waals surface area contributed by atoms with Crippen LogP contribution in [0.5, 0.6) is 0 Å². The van der Waals surface area contributed by atoms with E-state index in [0.717, 1.165) is 24.8 Å². The van der Waals surface area contributed by atoms with Crippen LogP contribution in [0.3, 0.4) is 0 Å². The lowest BCUT2D eigenvalue weighted by Gasteiger charge is -2.35. The van der Waals surface area contributed by atoms with E-state index in [0.29, 0.717) is 28.3 Å². The molecule has 0 saturated carbocycles. The van der Waals surface area contributed by atoms with E-state index in [1.807, 2.05) is 13.0 Å². The number of primary amides is 1. The molecule has 0 saturated heterocycles. The standard InChI is InChI=1S/C33H43ClN4O5/c1-7-9-10-11-21-38(31(41)26(19-20-27(35)39)36-32(42)43-33(4,5)6)29(24-17-15-23(8-2)16-18-24)30(40)37-28-22(3)13-12-14-25(28)34/h2,12-18,26,29H,7,9-11,19-21H2,1,3-6H3,(H2,35,39)(H,36,42)(H,37,40). The molecular weight excluding hydrogens is 568 g/mol. The van der Waals surface area contributed by atoms with E-state index in [2.05, 4.69) is 23.5 Å². The predicted octanol–water partition coefficient (Wildman–Crippen LogP) is 5.88. The number of carbonyl (C=O) groups excluding carboxylic acids is 4. The van der Waals surface area contributed by atoms with Crippen molar-refractivity contribution in [3.63, 3.8) is 0 Å². The summed E-state index contributed by atoms with van der Waals surface area (Å²) >= 11 is 6.43. The molecule has 0 aliphatic carbocycles. The van der Waals surface area contributed by atoms with Gasteiger partial charge in [0.05, 0.1) is 10.7 Å². The van der Waals surface area contributed by atoms with Gasteiger partial charge in [0.15, 0.2) is 0 Å². The first kappa shape index (κ1) is 35.2. The highest BCUT2D eigenvalue weighted by atomic mass is 35.5. The fourth-order valence-corrected chi connectivity index (χ4v) is 4.75. The van der Waals surface area contributed by atoms with Gasteiger partial charge in [-0.15, -0.1) is 6.42 Å². The summed E-state index contributed by atoms with van der Waals surface area (Å²) in [5.74, 6) is 0.871. The number of rotatable bonds is 14. The Bertz CT molecular complexity index is 1290. The predicted molar refractivity (Wildman–Crippen MR) is 169 cm³/mol. The third-order valence-electron chi connectivity index (χ3n) is 6.63. The zero-order valence-electron chi connectivity index (χ0n) is 25.7. The molecule has 0 heterocycles. The molecule has 0 spiro atoms. The molecule has 2 aromatic rings. The maximum atomic E-state index is 14.3. The Kier molecular flexibility index (Phi) is 13.5. The molecule has 0 aliphatic heterocycles. The molecule has 0 radical (unpaired) electrons. The van der Waals surface area contributed by atoms with Crippen LogP contribution in [0.1, 0.15) is 89.0 Å². The van der Waals surface area contributed by atoms with Gasteiger partial charge in [-0.3, -0.25) is 14.4 Å². The van der Waals surface area contributed by atoms with Crippen LogP contribution in [0.4, 0.5) is 10.5 Å². The first-order chi connectivity index (χ1) is 20.3. The quantitative estimate of drug-likeness (QED) is 0.182. The summed E-state index contributed by atoms with van der Waals surface area (Å²) in [5.41, 5.74) is 6.87. The summed E-state index contributed by atoms with van der Waals surface area (Å²) in [5, 5.41) is 5.86. The highest BCUT2D eigenvalue weighted by molar-refractivity contribution is 6.34. The number of nitrogens with zero attached hydrogens (tertiary/aromatic N) is 1. The molecule has 0 fully saturated rings. The first-order valence-electron chi connectivity index (χ1n) is 14.5. The highest BCUT2D eigenvalue weighted by Crippen LogP contribution is 2.30. The van der Waals surface area contributed by atoms with Crippen molar-refractivity contribution < 1.29 is 23.9 Å². The second-order valence-electron chi connectivity index (χ2n) is 11.4. The number of para-hydroxylation sites is 1. The molecule has 2 aromatic carbocycles. The molecule has 232 valence electrons. The Balaban J connectivity index is 2.61. The molecule has 2 atom stereocenters. The van der Waals surface area contributed by atoms with E-state index in [1.165, 1.54) is 4.90 Å². The van der Waals surface area contributed by atoms with Crippen LogP contribution < -0.4 is 16.4 Å². The Morgan fingerprint density at radius 3 is 2.30 bits per heavy atom. The number of halogens is 1. The van der Waals surface area contributed by atoms with Gasteiger partial charge < -0.3 is 26.0 Å². The van der Waals surface area contributed by atoms with Gasteiger partial charge in [0.2, 0.25) is 11.8 Å². The van der Waals surface area contributed by atoms with Crippen molar-refractivity contribution in [1.82, 2.24) is 10.2 Å². The van der Waals surface area contributed by atoms with Crippen LogP contribution in [-0.4, -0.2) is 46.9 Å². The lowest BCUT2D eigenvalue weighted by atomic mass is 9.99. The Morgan fingerprint density at radius 2 is 1.74 bits per heavy atom. The number of alkyl carbamates (subject to hydrolysis) is 1. The summed E-state index contributed by atoms with van der Waals surface area (Å²) in [6, 6.07) is 9.74. The van der Waals surface area contributed by atoms with E-state index in [-0.39, 0.29) is 19.4 Å². The van der Waals surface area contributed by atoms with Crippen LogP contribution >= 0.6 is 11.6 Å². The molecule has 4 N–H and O–H groups in total. The van der Waals surface area contributed by atoms with Gasteiger partial charge in [-0.25, -0.2) is 4.79 Å². The molecule has 0 aromatic heterocycles. The average molecular weight is 611 g/mol. The molecular formula is C33H43ClN4O5. The molecule has 0 bridgehead atoms. The molecule has 4 amide bonds. The zero-order chi connectivity index (χ0) is 32.2. The van der Waals surface area contributed by atoms with E-state index in [9.17, 15) is 19.2 Å². The number of benzene rings is 2. The van der Waals surface area contributed by atoms with Gasteiger partial charge in [0.1, 0.15) is 17.7 Å². The molecule has 43 heavy (non-hydrogen) atoms. The number of carbonyl (C=O) groups is 4. The van der Waals surface area contributed by atoms with E-state index < -0.39 is 41.5 Å². The summed E-state index contributed by atoms with van der Waals surface area (Å²) in [7, 11) is 0. The minimum Gasteiger partial charge on any atom is -0.444 e. The van der Waals surface area contributed by atoms with Crippen LogP contribution in [0.2, 0.25) is 5.02 Å². The van der Waals surface area contributed by atoms with Gasteiger partial charge in [-0.05, 0) is 69.9 Å². The number of ether oxygens (including phenoxy) is 1. The maximum absolute atomic E-state index is 14.3. The van der Waals surface area contributed by atoms with E-state index >= 15 is 0 Å². The summed E-state index contributed by atoms with van der Waals surface area (Å²) in [6.45, 7) is 9.19. The van der Waals surface area contributed by atoms with Gasteiger partial charge in [-0.2, -0.15) is 0 Å². The monoisotopic (exact) mass is 610 g/mol. The van der Waals surface area contributed by atoms with Crippen molar-refractivity contribution in [1.29, 1.82) is 0 Å². The van der Waals surface area contributed by atoms with Gasteiger partial charge in [0.25, 0.3) is 5.91 Å². The number of terminal acetylenes is 1. The summed E-state index contributed by atoms with van der Waals surface area (Å²) in [4.78, 5) is 54.3. The molecule has 0 aliphatic rings. The van der Waals surface area contributed by atoms with E-state index in [4.69, 9.17) is 28.5 Å². The Morgan fingerprint density at radius 1 is 1.07 bits per heavy atom. The van der Waals surface area contributed by atoms with E-state index in [1.54, 1.807) is 57.2 Å². The molecule has 2 rings (SSSR count). The van der Waals surface area contributed by atoms with Crippen molar-refractivity contribution >= 4 is 41.1 Å². The third-order valence-corrected chi connectivity index (χ3v) is 6.94. The second-order valence-corrected chi connectivity index (χ2v) is 11.8. The Labute approximate surface area is 259 Å². The topological polar surface area (TPSA) is 131 Å². The fraction of sp³-hybridized carbons (Fsp3) is 0.455. The number of hydrogen-bond acceptors (Lipinski definition) is 5. The van der Waals surface area contributed by atoms with Crippen LogP contribution in [0, 0.1) is 19.3 Å². The van der Waals surface area contributed by atoms with Gasteiger partial charge in [-0.1, -0.05) is 68.0 Å². The van der Waals surface area contributed by atoms with Gasteiger partial charge >= 0.3 is 6.09 Å². The number of nitrogens with one attached hydrogen (secondary N) is 2. The number of aryl methyl sites for hydroxylation is 1. The van der Waals surface area contributed by atoms with Crippen molar-refractivity contribution in [3.05, 3.63) is 64.2 Å². The maximum Gasteiger partial charge on any atom is 0.408 e. The summed E-state index contributed by atoms with van der Waals surface area (Å²) < 4.78 is 5.39. The lowest BCUT2D eigenvalue weighted by Crippen LogP contribution is -2.52. The molecule has 9 nitrogen and oxygen atoms in total. The fourth-order valence-electron chi connectivity index (χ4n) is 4.49. The minimum absolute atomic E-state index is 0.0765. The minimum atomic E-state index is -1.18. The third kappa shape index (κ3) is 11.3. The molecule has 2 unspecified atom stereocenters. The average Bonchev–Trinajstić information content (AvgIpc) is 2.93. The number of amides is 4. The molecule has 10 heteroatoms. The number of anilines is 1.